The summed E-state index contributed by atoms with van der Waals surface area (Å²) < 4.78 is 0. The Morgan fingerprint density at radius 3 is 0.879 bits per heavy atom. The normalized spacial score (nSPS) is 23.6. The van der Waals surface area contributed by atoms with E-state index in [-0.39, 0.29) is 0 Å². The van der Waals surface area contributed by atoms with Crippen molar-refractivity contribution in [1.82, 2.24) is 0 Å². The lowest BCUT2D eigenvalue weighted by Crippen LogP contribution is -2.09. The summed E-state index contributed by atoms with van der Waals surface area (Å²) >= 11 is 0. The van der Waals surface area contributed by atoms with E-state index in [2.05, 4.69) is 20.8 Å². The highest BCUT2D eigenvalue weighted by atomic mass is 14.2. The van der Waals surface area contributed by atoms with Gasteiger partial charge in [0.1, 0.15) is 0 Å². The molecular weight excluding hydrogens is 396 g/mol. The predicted molar refractivity (Wildman–Crippen MR) is 152 cm³/mol. The molecule has 2 saturated carbocycles. The average molecular weight is 463 g/mol. The van der Waals surface area contributed by atoms with Gasteiger partial charge in [0, 0.05) is 0 Å². The van der Waals surface area contributed by atoms with Crippen LogP contribution in [0.25, 0.3) is 0 Å². The van der Waals surface area contributed by atoms with Crippen LogP contribution in [0.2, 0.25) is 0 Å². The Morgan fingerprint density at radius 2 is 0.636 bits per heavy atom. The minimum Gasteiger partial charge on any atom is -0.0651 e. The van der Waals surface area contributed by atoms with Crippen LogP contribution < -0.4 is 0 Å². The zero-order chi connectivity index (χ0) is 23.8. The summed E-state index contributed by atoms with van der Waals surface area (Å²) in [5.41, 5.74) is 0. The second-order valence-electron chi connectivity index (χ2n) is 12.2. The summed E-state index contributed by atoms with van der Waals surface area (Å²) in [5.74, 6) is 2.96. The van der Waals surface area contributed by atoms with Crippen molar-refractivity contribution in [2.24, 2.45) is 17.8 Å². The quantitative estimate of drug-likeness (QED) is 0.382. The maximum Gasteiger partial charge on any atom is -0.0391 e. The predicted octanol–water partition coefficient (Wildman–Crippen LogP) is 12.4. The van der Waals surface area contributed by atoms with Gasteiger partial charge in [0.15, 0.2) is 0 Å². The lowest BCUT2D eigenvalue weighted by molar-refractivity contribution is 0.311. The van der Waals surface area contributed by atoms with Gasteiger partial charge in [-0.2, -0.15) is 0 Å². The summed E-state index contributed by atoms with van der Waals surface area (Å²) in [5, 5.41) is 0. The van der Waals surface area contributed by atoms with Gasteiger partial charge in [-0.15, -0.1) is 0 Å². The molecule has 0 aromatic heterocycles. The molecule has 0 saturated heterocycles. The number of hydrogen-bond acceptors (Lipinski definition) is 0. The van der Waals surface area contributed by atoms with E-state index in [1.165, 1.54) is 173 Å². The number of hydrogen-bond donors (Lipinski definition) is 0. The Kier molecular flexibility index (Phi) is 22.3. The van der Waals surface area contributed by atoms with Crippen molar-refractivity contribution in [3.63, 3.8) is 0 Å². The van der Waals surface area contributed by atoms with Gasteiger partial charge in [-0.3, -0.25) is 0 Å². The summed E-state index contributed by atoms with van der Waals surface area (Å²) in [7, 11) is 0. The molecule has 0 N–H and O–H groups in total. The van der Waals surface area contributed by atoms with Crippen molar-refractivity contribution in [2.75, 3.05) is 0 Å². The Bertz CT molecular complexity index is 342. The highest BCUT2D eigenvalue weighted by Crippen LogP contribution is 2.26. The zero-order valence-corrected chi connectivity index (χ0v) is 23.8. The van der Waals surface area contributed by atoms with E-state index in [1.54, 1.807) is 0 Å². The van der Waals surface area contributed by atoms with Gasteiger partial charge in [-0.25, -0.2) is 0 Å². The highest BCUT2D eigenvalue weighted by molar-refractivity contribution is 4.65. The third-order valence-corrected chi connectivity index (χ3v) is 8.89. The van der Waals surface area contributed by atoms with E-state index >= 15 is 0 Å². The standard InChI is InChI=1S/C17H34.C16H32/c1-16(2)17-14-12-10-8-6-4-3-5-7-9-11-13-15-17;1-2-16-14-12-10-8-6-4-3-5-7-9-11-13-15-16/h16-17H,3-15H2,1-2H3;16H,2-15H2,1H3. The fourth-order valence-electron chi connectivity index (χ4n) is 6.22. The van der Waals surface area contributed by atoms with E-state index in [9.17, 15) is 0 Å². The van der Waals surface area contributed by atoms with Crippen LogP contribution in [0.5, 0.6) is 0 Å². The maximum absolute atomic E-state index is 2.42. The minimum atomic E-state index is 0.905. The molecule has 2 fully saturated rings. The van der Waals surface area contributed by atoms with Crippen LogP contribution in [0.1, 0.15) is 194 Å². The van der Waals surface area contributed by atoms with Gasteiger partial charge in [-0.05, 0) is 17.8 Å². The minimum absolute atomic E-state index is 0.905. The molecule has 0 aliphatic heterocycles. The lowest BCUT2D eigenvalue weighted by Gasteiger charge is -2.21. The van der Waals surface area contributed by atoms with Crippen LogP contribution in [-0.4, -0.2) is 0 Å². The first kappa shape index (κ1) is 31.0. The molecule has 0 aromatic rings. The molecule has 2 rings (SSSR count). The van der Waals surface area contributed by atoms with E-state index in [0.717, 1.165) is 17.8 Å². The molecule has 0 nitrogen and oxygen atoms in total. The Balaban J connectivity index is 0.000000331. The third-order valence-electron chi connectivity index (χ3n) is 8.89. The van der Waals surface area contributed by atoms with Gasteiger partial charge < -0.3 is 0 Å². The largest absolute Gasteiger partial charge is 0.0651 e. The summed E-state index contributed by atoms with van der Waals surface area (Å²) in [6.07, 6.45) is 40.3. The molecule has 198 valence electrons. The van der Waals surface area contributed by atoms with Gasteiger partial charge in [0.05, 0.1) is 0 Å². The van der Waals surface area contributed by atoms with Crippen molar-refractivity contribution in [1.29, 1.82) is 0 Å². The second kappa shape index (κ2) is 23.7. The van der Waals surface area contributed by atoms with Crippen LogP contribution >= 0.6 is 0 Å². The lowest BCUT2D eigenvalue weighted by atomic mass is 9.85. The first-order chi connectivity index (χ1) is 16.2. The van der Waals surface area contributed by atoms with Crippen LogP contribution in [0.4, 0.5) is 0 Å². The first-order valence-electron chi connectivity index (χ1n) is 16.2. The molecule has 0 radical (unpaired) electrons. The van der Waals surface area contributed by atoms with E-state index in [1.807, 2.05) is 0 Å². The molecular formula is C33H66. The first-order valence-corrected chi connectivity index (χ1v) is 16.2. The number of rotatable bonds is 2. The van der Waals surface area contributed by atoms with Gasteiger partial charge in [0.2, 0.25) is 0 Å². The van der Waals surface area contributed by atoms with Gasteiger partial charge >= 0.3 is 0 Å². The Labute approximate surface area is 211 Å². The molecule has 0 heteroatoms. The third kappa shape index (κ3) is 19.9. The molecule has 2 aliphatic rings. The summed E-state index contributed by atoms with van der Waals surface area (Å²) in [6, 6.07) is 0. The Morgan fingerprint density at radius 1 is 0.394 bits per heavy atom. The molecule has 0 spiro atoms. The van der Waals surface area contributed by atoms with E-state index in [4.69, 9.17) is 0 Å². The fourth-order valence-corrected chi connectivity index (χ4v) is 6.22. The topological polar surface area (TPSA) is 0 Å². The zero-order valence-electron chi connectivity index (χ0n) is 23.8. The Hall–Kier alpha value is 0. The van der Waals surface area contributed by atoms with Crippen LogP contribution in [0, 0.1) is 17.8 Å². The van der Waals surface area contributed by atoms with E-state index < -0.39 is 0 Å². The monoisotopic (exact) mass is 463 g/mol. The van der Waals surface area contributed by atoms with Gasteiger partial charge in [0.25, 0.3) is 0 Å². The summed E-state index contributed by atoms with van der Waals surface area (Å²) in [6.45, 7) is 7.23. The average Bonchev–Trinajstić information content (AvgIpc) is 2.82. The maximum atomic E-state index is 2.42. The summed E-state index contributed by atoms with van der Waals surface area (Å²) in [4.78, 5) is 0. The highest BCUT2D eigenvalue weighted by Gasteiger charge is 2.12. The molecule has 0 amide bonds. The van der Waals surface area contributed by atoms with E-state index in [0.29, 0.717) is 0 Å². The SMILES string of the molecule is CC(C)C1CCCCCCCCCCCCC1.CCC1CCCCCCCCCCCCC1. The molecule has 0 bridgehead atoms. The van der Waals surface area contributed by atoms with Crippen molar-refractivity contribution >= 4 is 0 Å². The molecule has 0 unspecified atom stereocenters. The van der Waals surface area contributed by atoms with Crippen LogP contribution in [0.15, 0.2) is 0 Å². The van der Waals surface area contributed by atoms with Gasteiger partial charge in [-0.1, -0.05) is 194 Å². The molecule has 0 atom stereocenters. The van der Waals surface area contributed by atoms with Crippen molar-refractivity contribution in [3.05, 3.63) is 0 Å². The van der Waals surface area contributed by atoms with Crippen molar-refractivity contribution in [2.45, 2.75) is 194 Å². The smallest absolute Gasteiger partial charge is 0.0391 e. The molecule has 0 heterocycles. The van der Waals surface area contributed by atoms with Crippen LogP contribution in [0.3, 0.4) is 0 Å². The fraction of sp³-hybridized carbons (Fsp3) is 1.00. The van der Waals surface area contributed by atoms with Crippen LogP contribution in [-0.2, 0) is 0 Å². The van der Waals surface area contributed by atoms with Crippen molar-refractivity contribution in [3.8, 4) is 0 Å². The molecule has 33 heavy (non-hydrogen) atoms. The molecule has 2 aliphatic carbocycles. The second-order valence-corrected chi connectivity index (χ2v) is 12.2. The molecule has 0 aromatic carbocycles. The van der Waals surface area contributed by atoms with Crippen molar-refractivity contribution < 1.29 is 0 Å².